The number of unbranched alkanes of at least 4 members (excludes halogenated alkanes) is 12. The van der Waals surface area contributed by atoms with E-state index in [9.17, 15) is 52.1 Å². The van der Waals surface area contributed by atoms with E-state index in [0.29, 0.717) is 29.6 Å². The number of ether oxygens (including phenoxy) is 2. The van der Waals surface area contributed by atoms with E-state index in [1.54, 1.807) is 12.1 Å². The number of nitrogens with one attached hydrogen (secondary N) is 2. The van der Waals surface area contributed by atoms with Crippen LogP contribution >= 0.6 is 38.2 Å². The molecule has 4 aromatic rings. The monoisotopic (exact) mass is 1370 g/mol. The summed E-state index contributed by atoms with van der Waals surface area (Å²) in [6.45, 7) is 14.3. The first kappa shape index (κ1) is 83.1. The Morgan fingerprint density at radius 1 is 0.670 bits per heavy atom. The number of aromatic nitrogens is 6. The maximum absolute atomic E-state index is 14.9. The second kappa shape index (κ2) is 39.0. The molecule has 2 aliphatic rings. The number of rotatable bonds is 32. The normalized spacial score (nSPS) is 23.7. The van der Waals surface area contributed by atoms with Gasteiger partial charge in [0.2, 0.25) is 0 Å². The molecule has 512 valence electrons. The minimum atomic E-state index is -5.74. The molecule has 88 heavy (non-hydrogen) atoms. The molecule has 2 fully saturated rings. The molecule has 3 unspecified atom stereocenters. The van der Waals surface area contributed by atoms with Gasteiger partial charge in [-0.2, -0.15) is 18.8 Å². The summed E-state index contributed by atoms with van der Waals surface area (Å²) in [4.78, 5) is 54.9. The summed E-state index contributed by atoms with van der Waals surface area (Å²) in [5.41, 5.74) is 9.52. The molecule has 0 aromatic carbocycles. The molecule has 39 heteroatoms. The SMILES string of the molecule is C.CCCCCCCC.CCCCCCCC.CCCCNP(NCCCC)(OO)(OOO)[P+](=O)[O-].C[C@]1(CO)O[C@@H](c2ccc3c(N)ncnn23)[C@H](F)[C@@H]1O.C[C@]1(COP(=O)(O)OP(=O)(O)OP(=O)(O)O)O[C@@H](c2ccc3c(N)ncnn23)[C@H](F)[C@@H]1O. The van der Waals surface area contributed by atoms with Crippen molar-refractivity contribution in [1.82, 2.24) is 39.4 Å². The predicted molar refractivity (Wildman–Crippen MR) is 322 cm³/mol. The number of halogens is 2. The second-order valence-corrected chi connectivity index (χ2v) is 31.5. The molecule has 15 N–H and O–H groups in total. The van der Waals surface area contributed by atoms with Crippen LogP contribution in [0.1, 0.15) is 189 Å². The van der Waals surface area contributed by atoms with Crippen molar-refractivity contribution in [3.05, 3.63) is 48.3 Å². The van der Waals surface area contributed by atoms with E-state index in [0.717, 1.165) is 26.1 Å². The van der Waals surface area contributed by atoms with Gasteiger partial charge in [-0.1, -0.05) is 112 Å². The first-order valence-corrected chi connectivity index (χ1v) is 36.9. The standard InChI is InChI=1S/C12H18FN4O12P3.C12H15FN4O3.C8H22N2O7P2.2C8H18.CH4/c1-12(4-26-31(22,23)29-32(24,25)28-30(19,20)21)10(18)8(13)9(27-12)6-2-3-7-11(14)15-5-16-17(6)7;1-12(4-18)10(19)8(13)9(20-12)6-2-3-7-11(14)15-5-16-17(6)7;1-3-5-7-9-19(16-12,17-15-11,18(13)14)10-8-6-4-2;2*1-3-5-7-8-6-4-2;/h2-3,5,8-10,18H,4H2,1H3,(H,22,23)(H,24,25)(H2,14,15,16)(H2,19,20,21);2-3,5,8-10,18-19H,4H2,1H3,(H2,14,15,16);9-12H,3-8H2,1-2H3;2*3-8H2,1-2H3;1H4/t2*8-,9-,10-,12+;;;;/m00..../s1. The molecule has 0 bridgehead atoms. The van der Waals surface area contributed by atoms with Crippen LogP contribution < -0.4 is 26.5 Å². The van der Waals surface area contributed by atoms with Gasteiger partial charge in [0.05, 0.1) is 24.6 Å². The fourth-order valence-electron chi connectivity index (χ4n) is 8.47. The molecule has 6 rings (SSSR count). The van der Waals surface area contributed by atoms with Gasteiger partial charge in [-0.25, -0.2) is 41.5 Å². The van der Waals surface area contributed by atoms with Crippen molar-refractivity contribution in [2.45, 2.75) is 214 Å². The van der Waals surface area contributed by atoms with Gasteiger partial charge in [0.25, 0.3) is 0 Å². The number of anilines is 2. The number of nitrogens with two attached hydrogens (primary N) is 2. The summed E-state index contributed by atoms with van der Waals surface area (Å²) in [5.74, 6) is 0.362. The Morgan fingerprint density at radius 2 is 1.06 bits per heavy atom. The van der Waals surface area contributed by atoms with Gasteiger partial charge in [-0.3, -0.25) is 4.52 Å². The summed E-state index contributed by atoms with van der Waals surface area (Å²) in [6.07, 6.45) is 12.6. The molecule has 0 radical (unpaired) electrons. The minimum absolute atomic E-state index is 0. The van der Waals surface area contributed by atoms with Gasteiger partial charge < -0.3 is 55.8 Å². The fraction of sp³-hybridized carbons (Fsp3) is 0.755. The van der Waals surface area contributed by atoms with Crippen LogP contribution in [0.25, 0.3) is 11.0 Å². The van der Waals surface area contributed by atoms with E-state index >= 15 is 0 Å². The topological polar surface area (TPSA) is 484 Å². The van der Waals surface area contributed by atoms with E-state index in [1.807, 2.05) is 13.8 Å². The summed E-state index contributed by atoms with van der Waals surface area (Å²) in [6, 6.07) is 6.17. The zero-order valence-corrected chi connectivity index (χ0v) is 54.7. The Kier molecular flexibility index (Phi) is 36.8. The van der Waals surface area contributed by atoms with Gasteiger partial charge in [-0.15, -0.1) is 0 Å². The van der Waals surface area contributed by atoms with Crippen LogP contribution in [-0.2, 0) is 55.3 Å². The molecule has 6 heterocycles. The number of aliphatic hydroxyl groups excluding tert-OH is 3. The van der Waals surface area contributed by atoms with Crippen molar-refractivity contribution in [2.24, 2.45) is 0 Å². The molecule has 2 saturated heterocycles. The molecule has 0 aliphatic carbocycles. The third kappa shape index (κ3) is 24.2. The van der Waals surface area contributed by atoms with Gasteiger partial charge in [0.1, 0.15) is 59.3 Å². The number of phosphoric ester groups is 1. The van der Waals surface area contributed by atoms with Gasteiger partial charge in [0, 0.05) is 0 Å². The van der Waals surface area contributed by atoms with E-state index in [1.165, 1.54) is 111 Å². The second-order valence-electron chi connectivity index (χ2n) is 20.6. The zero-order valence-electron chi connectivity index (χ0n) is 50.2. The fourth-order valence-corrected chi connectivity index (χ4v) is 15.2. The summed E-state index contributed by atoms with van der Waals surface area (Å²) in [5, 5.41) is 63.4. The maximum Gasteiger partial charge on any atom is 0.490 e. The van der Waals surface area contributed by atoms with Gasteiger partial charge in [-0.05, 0) is 38.1 Å². The number of aliphatic hydroxyl groups is 3. The van der Waals surface area contributed by atoms with Crippen LogP contribution in [0.5, 0.6) is 0 Å². The van der Waals surface area contributed by atoms with E-state index in [-0.39, 0.29) is 37.8 Å². The van der Waals surface area contributed by atoms with Crippen molar-refractivity contribution in [3.63, 3.8) is 0 Å². The third-order valence-electron chi connectivity index (χ3n) is 13.5. The van der Waals surface area contributed by atoms with Crippen LogP contribution in [0, 0.1) is 0 Å². The third-order valence-corrected chi connectivity index (χ3v) is 23.1. The summed E-state index contributed by atoms with van der Waals surface area (Å²) >= 11 is 0. The number of hydrogen-bond donors (Lipinski definition) is 13. The number of nitrogens with zero attached hydrogens (tertiary/aromatic N) is 6. The zero-order chi connectivity index (χ0) is 65.9. The molecule has 0 spiro atoms. The molecular formula is C49H95F2N10O22P5. The molecule has 32 nitrogen and oxygen atoms in total. The number of hydrogen-bond acceptors (Lipinski definition) is 26. The smallest absolute Gasteiger partial charge is 0.393 e. The average molecular weight is 1370 g/mol. The maximum atomic E-state index is 14.9. The quantitative estimate of drug-likeness (QED) is 0.00936. The van der Waals surface area contributed by atoms with Crippen LogP contribution in [0.4, 0.5) is 20.4 Å². The number of phosphoric acid groups is 3. The van der Waals surface area contributed by atoms with Crippen LogP contribution in [0.3, 0.4) is 0 Å². The van der Waals surface area contributed by atoms with Crippen LogP contribution in [0.2, 0.25) is 0 Å². The molecule has 0 amide bonds. The van der Waals surface area contributed by atoms with Gasteiger partial charge in [0.15, 0.2) is 24.0 Å². The first-order chi connectivity index (χ1) is 40.8. The predicted octanol–water partition coefficient (Wildman–Crippen LogP) is 9.29. The van der Waals surface area contributed by atoms with E-state index in [4.69, 9.17) is 46.1 Å². The molecule has 4 aromatic heterocycles. The van der Waals surface area contributed by atoms with Crippen molar-refractivity contribution >= 4 is 60.9 Å². The molecule has 2 aliphatic heterocycles. The van der Waals surface area contributed by atoms with Crippen molar-refractivity contribution < 1.29 is 114 Å². The Hall–Kier alpha value is -2.88. The van der Waals surface area contributed by atoms with Crippen molar-refractivity contribution in [3.8, 4) is 0 Å². The Morgan fingerprint density at radius 3 is 1.39 bits per heavy atom. The van der Waals surface area contributed by atoms with Crippen molar-refractivity contribution in [1.29, 1.82) is 0 Å². The molecule has 0 saturated carbocycles. The Labute approximate surface area is 512 Å². The van der Waals surface area contributed by atoms with Crippen LogP contribution in [0.15, 0.2) is 36.9 Å². The van der Waals surface area contributed by atoms with Gasteiger partial charge >= 0.3 is 135 Å². The van der Waals surface area contributed by atoms with Crippen molar-refractivity contribution in [2.75, 3.05) is 37.8 Å². The van der Waals surface area contributed by atoms with Crippen LogP contribution in [-0.4, -0.2) is 137 Å². The largest absolute Gasteiger partial charge is 0.490 e. The molecular weight excluding hydrogens is 1270 g/mol. The minimum Gasteiger partial charge on any atom is -0.393 e. The number of alkyl halides is 2. The first-order valence-electron chi connectivity index (χ1n) is 28.4. The van der Waals surface area contributed by atoms with E-state index < -0.39 is 99.4 Å². The molecule has 11 atom stereocenters. The summed E-state index contributed by atoms with van der Waals surface area (Å²) < 4.78 is 109. The number of nitrogen functional groups attached to an aromatic ring is 2. The Balaban J connectivity index is 0.000000601. The summed E-state index contributed by atoms with van der Waals surface area (Å²) in [7, 11) is -25.2. The average Bonchev–Trinajstić information content (AvgIpc) is 1.73. The van der Waals surface area contributed by atoms with E-state index in [2.05, 4.69) is 85.6 Å². The number of fused-ring (bicyclic) bond motifs is 2. The Bertz CT molecular complexity index is 2790.